The second-order valence-electron chi connectivity index (χ2n) is 4.32. The SMILES string of the molecule is Nc1ccc(S(=O)(=O)NCCc2ccccc2)c(F)c1. The Morgan fingerprint density at radius 3 is 2.45 bits per heavy atom. The molecule has 0 saturated carbocycles. The number of nitrogens with one attached hydrogen (secondary N) is 1. The lowest BCUT2D eigenvalue weighted by Crippen LogP contribution is -2.26. The van der Waals surface area contributed by atoms with Crippen molar-refractivity contribution in [1.82, 2.24) is 4.72 Å². The first-order valence-corrected chi connectivity index (χ1v) is 7.56. The Balaban J connectivity index is 2.04. The molecule has 0 unspecified atom stereocenters. The van der Waals surface area contributed by atoms with Crippen LogP contribution < -0.4 is 10.5 Å². The van der Waals surface area contributed by atoms with Crippen LogP contribution in [0.2, 0.25) is 0 Å². The zero-order valence-electron chi connectivity index (χ0n) is 10.7. The van der Waals surface area contributed by atoms with Crippen molar-refractivity contribution in [2.75, 3.05) is 12.3 Å². The lowest BCUT2D eigenvalue weighted by molar-refractivity contribution is 0.557. The van der Waals surface area contributed by atoms with Crippen LogP contribution in [0.5, 0.6) is 0 Å². The molecule has 0 bridgehead atoms. The molecule has 0 spiro atoms. The molecule has 0 aliphatic rings. The summed E-state index contributed by atoms with van der Waals surface area (Å²) in [6.07, 6.45) is 0.538. The fourth-order valence-electron chi connectivity index (χ4n) is 1.79. The van der Waals surface area contributed by atoms with Gasteiger partial charge in [-0.1, -0.05) is 30.3 Å². The number of nitrogen functional groups attached to an aromatic ring is 1. The third kappa shape index (κ3) is 3.55. The predicted molar refractivity (Wildman–Crippen MR) is 76.1 cm³/mol. The van der Waals surface area contributed by atoms with E-state index in [-0.39, 0.29) is 17.1 Å². The maximum Gasteiger partial charge on any atom is 0.243 e. The molecule has 6 heteroatoms. The van der Waals surface area contributed by atoms with E-state index in [1.54, 1.807) is 0 Å². The van der Waals surface area contributed by atoms with Gasteiger partial charge in [-0.3, -0.25) is 0 Å². The first kappa shape index (κ1) is 14.5. The highest BCUT2D eigenvalue weighted by atomic mass is 32.2. The normalized spacial score (nSPS) is 11.4. The van der Waals surface area contributed by atoms with E-state index in [1.165, 1.54) is 6.07 Å². The van der Waals surface area contributed by atoms with Gasteiger partial charge in [0.1, 0.15) is 10.7 Å². The lowest BCUT2D eigenvalue weighted by atomic mass is 10.2. The number of anilines is 1. The smallest absolute Gasteiger partial charge is 0.243 e. The lowest BCUT2D eigenvalue weighted by Gasteiger charge is -2.08. The van der Waals surface area contributed by atoms with Crippen molar-refractivity contribution < 1.29 is 12.8 Å². The molecule has 0 saturated heterocycles. The van der Waals surface area contributed by atoms with Gasteiger partial charge in [-0.2, -0.15) is 0 Å². The topological polar surface area (TPSA) is 72.2 Å². The van der Waals surface area contributed by atoms with Crippen LogP contribution in [0.4, 0.5) is 10.1 Å². The first-order valence-electron chi connectivity index (χ1n) is 6.08. The molecule has 0 radical (unpaired) electrons. The second-order valence-corrected chi connectivity index (χ2v) is 6.06. The quantitative estimate of drug-likeness (QED) is 0.828. The van der Waals surface area contributed by atoms with Crippen molar-refractivity contribution in [3.05, 3.63) is 59.9 Å². The third-order valence-electron chi connectivity index (χ3n) is 2.79. The van der Waals surface area contributed by atoms with Crippen LogP contribution in [-0.2, 0) is 16.4 Å². The maximum absolute atomic E-state index is 13.6. The Labute approximate surface area is 117 Å². The highest BCUT2D eigenvalue weighted by molar-refractivity contribution is 7.89. The number of benzene rings is 2. The molecule has 3 N–H and O–H groups in total. The third-order valence-corrected chi connectivity index (χ3v) is 4.29. The van der Waals surface area contributed by atoms with E-state index in [2.05, 4.69) is 4.72 Å². The van der Waals surface area contributed by atoms with Gasteiger partial charge in [0.15, 0.2) is 0 Å². The summed E-state index contributed by atoms with van der Waals surface area (Å²) in [4.78, 5) is -0.389. The molecule has 0 atom stereocenters. The molecule has 2 aromatic rings. The van der Waals surface area contributed by atoms with Crippen molar-refractivity contribution in [3.8, 4) is 0 Å². The fourth-order valence-corrected chi connectivity index (χ4v) is 2.88. The minimum Gasteiger partial charge on any atom is -0.399 e. The molecular formula is C14H15FN2O2S. The predicted octanol–water partition coefficient (Wildman–Crippen LogP) is 1.93. The number of sulfonamides is 1. The van der Waals surface area contributed by atoms with Gasteiger partial charge in [0.2, 0.25) is 10.0 Å². The Bertz CT molecular complexity index is 688. The number of nitrogens with two attached hydrogens (primary N) is 1. The van der Waals surface area contributed by atoms with Gasteiger partial charge in [-0.05, 0) is 30.2 Å². The van der Waals surface area contributed by atoms with E-state index in [0.29, 0.717) is 6.42 Å². The van der Waals surface area contributed by atoms with Crippen LogP contribution in [0.15, 0.2) is 53.4 Å². The highest BCUT2D eigenvalue weighted by Crippen LogP contribution is 2.16. The number of hydrogen-bond acceptors (Lipinski definition) is 3. The van der Waals surface area contributed by atoms with Crippen molar-refractivity contribution in [1.29, 1.82) is 0 Å². The largest absolute Gasteiger partial charge is 0.399 e. The van der Waals surface area contributed by atoms with Crippen molar-refractivity contribution >= 4 is 15.7 Å². The standard InChI is InChI=1S/C14H15FN2O2S/c15-13-10-12(16)6-7-14(13)20(18,19)17-9-8-11-4-2-1-3-5-11/h1-7,10,17H,8-9,16H2. The zero-order valence-corrected chi connectivity index (χ0v) is 11.5. The molecule has 4 nitrogen and oxygen atoms in total. The summed E-state index contributed by atoms with van der Waals surface area (Å²) in [5.41, 5.74) is 6.58. The van der Waals surface area contributed by atoms with Crippen LogP contribution in [-0.4, -0.2) is 15.0 Å². The van der Waals surface area contributed by atoms with E-state index in [1.807, 2.05) is 30.3 Å². The van der Waals surface area contributed by atoms with Gasteiger partial charge < -0.3 is 5.73 Å². The first-order chi connectivity index (χ1) is 9.49. The molecule has 20 heavy (non-hydrogen) atoms. The van der Waals surface area contributed by atoms with Crippen LogP contribution in [0.3, 0.4) is 0 Å². The molecule has 0 fully saturated rings. The molecule has 0 heterocycles. The van der Waals surface area contributed by atoms with Crippen molar-refractivity contribution in [3.63, 3.8) is 0 Å². The molecule has 0 aliphatic carbocycles. The average Bonchev–Trinajstić information content (AvgIpc) is 2.39. The molecule has 0 aromatic heterocycles. The molecule has 0 aliphatic heterocycles. The number of hydrogen-bond donors (Lipinski definition) is 2. The molecule has 2 aromatic carbocycles. The number of rotatable bonds is 5. The average molecular weight is 294 g/mol. The summed E-state index contributed by atoms with van der Waals surface area (Å²) in [6, 6.07) is 13.0. The minimum absolute atomic E-state index is 0.186. The summed E-state index contributed by atoms with van der Waals surface area (Å²) >= 11 is 0. The zero-order chi connectivity index (χ0) is 14.6. The van der Waals surface area contributed by atoms with Gasteiger partial charge in [0.05, 0.1) is 0 Å². The van der Waals surface area contributed by atoms with Gasteiger partial charge in [0.25, 0.3) is 0 Å². The Morgan fingerprint density at radius 1 is 1.10 bits per heavy atom. The van der Waals surface area contributed by atoms with Crippen LogP contribution >= 0.6 is 0 Å². The second kappa shape index (κ2) is 6.02. The van der Waals surface area contributed by atoms with Crippen LogP contribution in [0.1, 0.15) is 5.56 Å². The number of halogens is 1. The summed E-state index contributed by atoms with van der Waals surface area (Å²) in [6.45, 7) is 0.205. The Kier molecular flexibility index (Phi) is 4.36. The summed E-state index contributed by atoms with van der Waals surface area (Å²) in [5.74, 6) is -0.850. The van der Waals surface area contributed by atoms with E-state index in [4.69, 9.17) is 5.73 Å². The van der Waals surface area contributed by atoms with E-state index in [0.717, 1.165) is 17.7 Å². The van der Waals surface area contributed by atoms with Crippen LogP contribution in [0, 0.1) is 5.82 Å². The monoisotopic (exact) mass is 294 g/mol. The Morgan fingerprint density at radius 2 is 1.80 bits per heavy atom. The minimum atomic E-state index is -3.86. The van der Waals surface area contributed by atoms with E-state index in [9.17, 15) is 12.8 Å². The molecule has 0 amide bonds. The fraction of sp³-hybridized carbons (Fsp3) is 0.143. The van der Waals surface area contributed by atoms with Gasteiger partial charge in [-0.15, -0.1) is 0 Å². The van der Waals surface area contributed by atoms with Gasteiger partial charge >= 0.3 is 0 Å². The van der Waals surface area contributed by atoms with E-state index >= 15 is 0 Å². The van der Waals surface area contributed by atoms with E-state index < -0.39 is 15.8 Å². The highest BCUT2D eigenvalue weighted by Gasteiger charge is 2.18. The summed E-state index contributed by atoms with van der Waals surface area (Å²) < 4.78 is 39.9. The summed E-state index contributed by atoms with van der Waals surface area (Å²) in [5, 5.41) is 0. The van der Waals surface area contributed by atoms with Crippen LogP contribution in [0.25, 0.3) is 0 Å². The van der Waals surface area contributed by atoms with Gasteiger partial charge in [-0.25, -0.2) is 17.5 Å². The van der Waals surface area contributed by atoms with Crippen molar-refractivity contribution in [2.24, 2.45) is 0 Å². The Hall–Kier alpha value is -1.92. The van der Waals surface area contributed by atoms with Gasteiger partial charge in [0, 0.05) is 12.2 Å². The molecular weight excluding hydrogens is 279 g/mol. The summed E-state index contributed by atoms with van der Waals surface area (Å²) in [7, 11) is -3.86. The molecule has 2 rings (SSSR count). The van der Waals surface area contributed by atoms with Crippen molar-refractivity contribution in [2.45, 2.75) is 11.3 Å². The maximum atomic E-state index is 13.6. The molecule has 106 valence electrons.